The molecule has 1 N–H and O–H groups in total. The molecule has 0 saturated heterocycles. The number of para-hydroxylation sites is 2. The summed E-state index contributed by atoms with van der Waals surface area (Å²) in [4.78, 5) is 17.0. The van der Waals surface area contributed by atoms with Gasteiger partial charge in [-0.15, -0.1) is 5.10 Å². The molecule has 0 saturated carbocycles. The normalized spacial score (nSPS) is 10.8. The third-order valence-corrected chi connectivity index (χ3v) is 4.61. The number of anilines is 1. The zero-order valence-corrected chi connectivity index (χ0v) is 17.3. The lowest BCUT2D eigenvalue weighted by Gasteiger charge is -2.12. The zero-order chi connectivity index (χ0) is 22.0. The van der Waals surface area contributed by atoms with Crippen LogP contribution in [0, 0.1) is 19.7 Å². The summed E-state index contributed by atoms with van der Waals surface area (Å²) >= 11 is 0. The minimum atomic E-state index is -0.407. The Balaban J connectivity index is 1.47. The third-order valence-electron chi connectivity index (χ3n) is 4.61. The highest BCUT2D eigenvalue weighted by Crippen LogP contribution is 2.30. The Morgan fingerprint density at radius 1 is 1.13 bits per heavy atom. The fraction of sp³-hybridized carbons (Fsp3) is 0.174. The molecule has 2 heterocycles. The highest BCUT2D eigenvalue weighted by atomic mass is 19.1. The highest BCUT2D eigenvalue weighted by molar-refractivity contribution is 5.94. The van der Waals surface area contributed by atoms with E-state index in [1.165, 1.54) is 12.1 Å². The van der Waals surface area contributed by atoms with Crippen LogP contribution in [0.5, 0.6) is 17.4 Å². The third kappa shape index (κ3) is 4.48. The molecule has 2 aromatic carbocycles. The van der Waals surface area contributed by atoms with Crippen LogP contribution in [0.1, 0.15) is 11.3 Å². The Hall–Kier alpha value is -3.94. The largest absolute Gasteiger partial charge is 0.466 e. The van der Waals surface area contributed by atoms with Crippen molar-refractivity contribution in [3.05, 3.63) is 71.7 Å². The summed E-state index contributed by atoms with van der Waals surface area (Å²) in [5.41, 5.74) is 2.99. The average molecular weight is 420 g/mol. The van der Waals surface area contributed by atoms with E-state index in [-0.39, 0.29) is 12.5 Å². The maximum Gasteiger partial charge on any atom is 0.262 e. The molecule has 0 atom stereocenters. The molecule has 0 unspecified atom stereocenters. The van der Waals surface area contributed by atoms with Crippen molar-refractivity contribution in [2.24, 2.45) is 7.05 Å². The van der Waals surface area contributed by atoms with E-state index in [2.05, 4.69) is 15.4 Å². The maximum absolute atomic E-state index is 13.4. The van der Waals surface area contributed by atoms with Gasteiger partial charge in [0.25, 0.3) is 5.91 Å². The van der Waals surface area contributed by atoms with Crippen molar-refractivity contribution in [1.29, 1.82) is 0 Å². The van der Waals surface area contributed by atoms with Crippen LogP contribution in [0.2, 0.25) is 0 Å². The zero-order valence-electron chi connectivity index (χ0n) is 17.3. The first kappa shape index (κ1) is 20.3. The molecule has 31 heavy (non-hydrogen) atoms. The highest BCUT2D eigenvalue weighted by Gasteiger charge is 2.16. The second kappa shape index (κ2) is 8.43. The van der Waals surface area contributed by atoms with Gasteiger partial charge in [0, 0.05) is 18.8 Å². The van der Waals surface area contributed by atoms with Crippen molar-refractivity contribution >= 4 is 22.6 Å². The molecule has 0 aliphatic heterocycles. The van der Waals surface area contributed by atoms with Gasteiger partial charge in [0.1, 0.15) is 11.6 Å². The molecule has 0 bridgehead atoms. The van der Waals surface area contributed by atoms with Gasteiger partial charge in [0.15, 0.2) is 18.0 Å². The quantitative estimate of drug-likeness (QED) is 0.496. The van der Waals surface area contributed by atoms with Crippen molar-refractivity contribution in [2.45, 2.75) is 13.8 Å². The van der Waals surface area contributed by atoms with E-state index >= 15 is 0 Å². The van der Waals surface area contributed by atoms with Crippen molar-refractivity contribution in [3.8, 4) is 17.4 Å². The monoisotopic (exact) mass is 420 g/mol. The number of benzene rings is 2. The number of aryl methyl sites for hydroxylation is 3. The number of hydrogen-bond acceptors (Lipinski definition) is 5. The second-order valence-corrected chi connectivity index (χ2v) is 7.10. The number of aromatic nitrogens is 3. The number of fused-ring (bicyclic) bond motifs is 1. The van der Waals surface area contributed by atoms with Gasteiger partial charge >= 0.3 is 0 Å². The van der Waals surface area contributed by atoms with Crippen molar-refractivity contribution < 1.29 is 18.7 Å². The number of nitrogens with zero attached hydrogens (tertiary/aromatic N) is 3. The van der Waals surface area contributed by atoms with Crippen LogP contribution in [0.4, 0.5) is 10.1 Å². The van der Waals surface area contributed by atoms with Gasteiger partial charge in [0.05, 0.1) is 11.1 Å². The van der Waals surface area contributed by atoms with E-state index < -0.39 is 5.82 Å². The first-order chi connectivity index (χ1) is 14.9. The SMILES string of the molecule is Cc1cc(C)c2c(OCC(=O)Nc3ccccc3Oc3cccc(F)c3)nn(C)c2n1. The molecule has 158 valence electrons. The van der Waals surface area contributed by atoms with Gasteiger partial charge in [-0.05, 0) is 49.7 Å². The van der Waals surface area contributed by atoms with E-state index in [0.717, 1.165) is 16.6 Å². The molecule has 4 rings (SSSR count). The molecule has 0 radical (unpaired) electrons. The van der Waals surface area contributed by atoms with Crippen LogP contribution in [0.15, 0.2) is 54.6 Å². The molecule has 1 amide bonds. The molecule has 7 nitrogen and oxygen atoms in total. The fourth-order valence-electron chi connectivity index (χ4n) is 3.29. The van der Waals surface area contributed by atoms with Crippen LogP contribution in [0.3, 0.4) is 0 Å². The van der Waals surface area contributed by atoms with Gasteiger partial charge < -0.3 is 14.8 Å². The van der Waals surface area contributed by atoms with Gasteiger partial charge in [-0.2, -0.15) is 0 Å². The van der Waals surface area contributed by atoms with E-state index in [1.54, 1.807) is 48.1 Å². The molecular weight excluding hydrogens is 399 g/mol. The molecule has 0 aliphatic rings. The summed E-state index contributed by atoms with van der Waals surface area (Å²) in [7, 11) is 1.78. The Bertz CT molecular complexity index is 1270. The second-order valence-electron chi connectivity index (χ2n) is 7.10. The maximum atomic E-state index is 13.4. The summed E-state index contributed by atoms with van der Waals surface area (Å²) < 4.78 is 26.5. The fourth-order valence-corrected chi connectivity index (χ4v) is 3.29. The predicted octanol–water partition coefficient (Wildman–Crippen LogP) is 4.53. The number of pyridine rings is 1. The van der Waals surface area contributed by atoms with Gasteiger partial charge in [-0.3, -0.25) is 4.79 Å². The van der Waals surface area contributed by atoms with Crippen LogP contribution in [-0.4, -0.2) is 27.3 Å². The summed E-state index contributed by atoms with van der Waals surface area (Å²) in [5, 5.41) is 7.88. The van der Waals surface area contributed by atoms with E-state index in [4.69, 9.17) is 9.47 Å². The summed E-state index contributed by atoms with van der Waals surface area (Å²) in [6.07, 6.45) is 0. The minimum Gasteiger partial charge on any atom is -0.466 e. The topological polar surface area (TPSA) is 78.3 Å². The Morgan fingerprint density at radius 3 is 2.74 bits per heavy atom. The van der Waals surface area contributed by atoms with Crippen LogP contribution < -0.4 is 14.8 Å². The summed E-state index contributed by atoms with van der Waals surface area (Å²) in [6.45, 7) is 3.62. The van der Waals surface area contributed by atoms with Crippen molar-refractivity contribution in [1.82, 2.24) is 14.8 Å². The standard InChI is InChI=1S/C23H21FN4O3/c1-14-11-15(2)25-22-21(14)23(27-28(22)3)30-13-20(29)26-18-9-4-5-10-19(18)31-17-8-6-7-16(24)12-17/h4-12H,13H2,1-3H3,(H,26,29). The summed E-state index contributed by atoms with van der Waals surface area (Å²) in [5.74, 6) is 0.278. The lowest BCUT2D eigenvalue weighted by Crippen LogP contribution is -2.20. The smallest absolute Gasteiger partial charge is 0.262 e. The number of halogens is 1. The molecule has 0 fully saturated rings. The number of carbonyl (C=O) groups excluding carboxylic acids is 1. The van der Waals surface area contributed by atoms with Gasteiger partial charge in [-0.25, -0.2) is 14.1 Å². The van der Waals surface area contributed by atoms with E-state index in [9.17, 15) is 9.18 Å². The minimum absolute atomic E-state index is 0.242. The molecule has 8 heteroatoms. The number of amides is 1. The van der Waals surface area contributed by atoms with Crippen molar-refractivity contribution in [3.63, 3.8) is 0 Å². The molecule has 2 aromatic heterocycles. The van der Waals surface area contributed by atoms with E-state index in [0.29, 0.717) is 28.7 Å². The number of ether oxygens (including phenoxy) is 2. The average Bonchev–Trinajstić information content (AvgIpc) is 3.04. The lowest BCUT2D eigenvalue weighted by molar-refractivity contribution is -0.118. The van der Waals surface area contributed by atoms with Crippen LogP contribution in [0.25, 0.3) is 11.0 Å². The van der Waals surface area contributed by atoms with Gasteiger partial charge in [0.2, 0.25) is 5.88 Å². The van der Waals surface area contributed by atoms with Crippen LogP contribution in [-0.2, 0) is 11.8 Å². The predicted molar refractivity (Wildman–Crippen MR) is 115 cm³/mol. The Labute approximate surface area is 178 Å². The van der Waals surface area contributed by atoms with Crippen molar-refractivity contribution in [2.75, 3.05) is 11.9 Å². The number of hydrogen-bond donors (Lipinski definition) is 1. The molecule has 0 spiro atoms. The van der Waals surface area contributed by atoms with Crippen LogP contribution >= 0.6 is 0 Å². The Kier molecular flexibility index (Phi) is 5.53. The molecule has 4 aromatic rings. The lowest BCUT2D eigenvalue weighted by atomic mass is 10.2. The molecular formula is C23H21FN4O3. The Morgan fingerprint density at radius 2 is 1.94 bits per heavy atom. The van der Waals surface area contributed by atoms with Gasteiger partial charge in [-0.1, -0.05) is 18.2 Å². The summed E-state index contributed by atoms with van der Waals surface area (Å²) in [6, 6.07) is 14.6. The number of nitrogens with one attached hydrogen (secondary N) is 1. The first-order valence-corrected chi connectivity index (χ1v) is 9.67. The van der Waals surface area contributed by atoms with E-state index in [1.807, 2.05) is 19.9 Å². The molecule has 0 aliphatic carbocycles. The number of carbonyl (C=O) groups is 1. The first-order valence-electron chi connectivity index (χ1n) is 9.67. The number of rotatable bonds is 6.